The van der Waals surface area contributed by atoms with Gasteiger partial charge < -0.3 is 21.3 Å². The Bertz CT molecular complexity index is 907. The zero-order valence-electron chi connectivity index (χ0n) is 18.1. The van der Waals surface area contributed by atoms with Crippen LogP contribution in [0.4, 0.5) is 10.2 Å². The first-order chi connectivity index (χ1) is 15.1. The lowest BCUT2D eigenvalue weighted by Gasteiger charge is -2.26. The second kappa shape index (κ2) is 11.3. The molecule has 0 aliphatic carbocycles. The number of hydrogen-bond acceptors (Lipinski definition) is 5. The molecule has 1 aliphatic heterocycles. The van der Waals surface area contributed by atoms with Crippen molar-refractivity contribution in [1.29, 1.82) is 5.26 Å². The van der Waals surface area contributed by atoms with Crippen molar-refractivity contribution in [3.05, 3.63) is 41.3 Å². The van der Waals surface area contributed by atoms with Gasteiger partial charge in [-0.2, -0.15) is 10.4 Å². The molecule has 0 radical (unpaired) electrons. The van der Waals surface area contributed by atoms with E-state index in [4.69, 9.17) is 5.73 Å². The maximum atomic E-state index is 13.2. The van der Waals surface area contributed by atoms with E-state index >= 15 is 0 Å². The summed E-state index contributed by atoms with van der Waals surface area (Å²) in [5.74, 6) is 0.709. The minimum Gasteiger partial charge on any atom is -0.382 e. The molecule has 0 atom stereocenters. The lowest BCUT2D eigenvalue weighted by Crippen LogP contribution is -2.42. The van der Waals surface area contributed by atoms with E-state index in [2.05, 4.69) is 31.7 Å². The first-order valence-corrected chi connectivity index (χ1v) is 10.8. The normalized spacial score (nSPS) is 14.9. The zero-order chi connectivity index (χ0) is 22.1. The van der Waals surface area contributed by atoms with Gasteiger partial charge in [-0.1, -0.05) is 6.42 Å². The second-order valence-electron chi connectivity index (χ2n) is 7.64. The number of piperidine rings is 1. The van der Waals surface area contributed by atoms with Crippen molar-refractivity contribution in [2.45, 2.75) is 32.1 Å². The van der Waals surface area contributed by atoms with Crippen LogP contribution in [0.3, 0.4) is 0 Å². The van der Waals surface area contributed by atoms with Gasteiger partial charge >= 0.3 is 0 Å². The summed E-state index contributed by atoms with van der Waals surface area (Å²) >= 11 is 0. The minimum absolute atomic E-state index is 0.271. The van der Waals surface area contributed by atoms with Crippen molar-refractivity contribution >= 4 is 11.8 Å². The largest absolute Gasteiger partial charge is 0.382 e. The molecule has 31 heavy (non-hydrogen) atoms. The predicted octanol–water partition coefficient (Wildman–Crippen LogP) is 2.05. The van der Waals surface area contributed by atoms with Crippen molar-refractivity contribution in [2.24, 2.45) is 4.99 Å². The van der Waals surface area contributed by atoms with Crippen LogP contribution >= 0.6 is 0 Å². The van der Waals surface area contributed by atoms with E-state index in [9.17, 15) is 9.65 Å². The summed E-state index contributed by atoms with van der Waals surface area (Å²) in [5.41, 5.74) is 7.74. The first-order valence-electron chi connectivity index (χ1n) is 10.8. The number of hydrogen-bond donors (Lipinski definition) is 3. The molecule has 2 aromatic rings. The van der Waals surface area contributed by atoms with Crippen molar-refractivity contribution in [3.63, 3.8) is 0 Å². The summed E-state index contributed by atoms with van der Waals surface area (Å²) in [6.45, 7) is 4.94. The van der Waals surface area contributed by atoms with Gasteiger partial charge in [0.25, 0.3) is 0 Å². The van der Waals surface area contributed by atoms with E-state index in [0.29, 0.717) is 29.9 Å². The van der Waals surface area contributed by atoms with Crippen molar-refractivity contribution < 1.29 is 4.39 Å². The highest BCUT2D eigenvalue weighted by molar-refractivity contribution is 5.79. The third kappa shape index (κ3) is 6.18. The molecule has 1 aliphatic rings. The molecule has 1 fully saturated rings. The highest BCUT2D eigenvalue weighted by atomic mass is 19.1. The van der Waals surface area contributed by atoms with Gasteiger partial charge in [0.1, 0.15) is 23.3 Å². The number of rotatable bonds is 8. The van der Waals surface area contributed by atoms with Crippen molar-refractivity contribution in [2.75, 3.05) is 45.5 Å². The lowest BCUT2D eigenvalue weighted by atomic mass is 10.1. The smallest absolute Gasteiger partial charge is 0.191 e. The fourth-order valence-corrected chi connectivity index (χ4v) is 3.75. The fraction of sp³-hybridized carbons (Fsp3) is 0.500. The zero-order valence-corrected chi connectivity index (χ0v) is 18.1. The van der Waals surface area contributed by atoms with Crippen LogP contribution < -0.4 is 16.4 Å². The molecule has 8 nitrogen and oxygen atoms in total. The molecule has 1 aromatic carbocycles. The fourth-order valence-electron chi connectivity index (χ4n) is 3.75. The second-order valence-corrected chi connectivity index (χ2v) is 7.64. The summed E-state index contributed by atoms with van der Waals surface area (Å²) in [7, 11) is 1.76. The number of aliphatic imine (C=N–C) groups is 1. The van der Waals surface area contributed by atoms with Crippen LogP contribution in [0.1, 0.15) is 36.9 Å². The van der Waals surface area contributed by atoms with E-state index in [1.807, 2.05) is 0 Å². The van der Waals surface area contributed by atoms with E-state index in [1.165, 1.54) is 49.2 Å². The molecule has 166 valence electrons. The number of aromatic nitrogens is 2. The number of nitrogen functional groups attached to an aromatic ring is 1. The SMILES string of the molecule is CN=C(NCCCc1nn(-c2ccc(F)cc2)c(N)c1C#N)NCCN1CCCCC1. The van der Waals surface area contributed by atoms with Gasteiger partial charge in [-0.3, -0.25) is 4.99 Å². The van der Waals surface area contributed by atoms with Crippen LogP contribution in [0.5, 0.6) is 0 Å². The maximum Gasteiger partial charge on any atom is 0.191 e. The standard InChI is InChI=1S/C22H31FN8/c1-26-22(28-12-15-30-13-3-2-4-14-30)27-11-5-6-20-19(16-24)21(25)31(29-20)18-9-7-17(23)8-10-18/h7-10H,2-6,11-15,25H2,1H3,(H2,26,27,28). The van der Waals surface area contributed by atoms with Gasteiger partial charge in [-0.25, -0.2) is 9.07 Å². The lowest BCUT2D eigenvalue weighted by molar-refractivity contribution is 0.232. The summed E-state index contributed by atoms with van der Waals surface area (Å²) in [5, 5.41) is 20.6. The molecule has 0 saturated carbocycles. The van der Waals surface area contributed by atoms with Gasteiger partial charge in [0, 0.05) is 26.7 Å². The van der Waals surface area contributed by atoms with E-state index in [-0.39, 0.29) is 11.6 Å². The molecule has 9 heteroatoms. The number of aryl methyl sites for hydroxylation is 1. The number of guanidine groups is 1. The van der Waals surface area contributed by atoms with Crippen molar-refractivity contribution in [3.8, 4) is 11.8 Å². The maximum absolute atomic E-state index is 13.2. The number of nitriles is 1. The van der Waals surface area contributed by atoms with Crippen LogP contribution in [-0.2, 0) is 6.42 Å². The van der Waals surface area contributed by atoms with Crippen LogP contribution in [0.25, 0.3) is 5.69 Å². The van der Waals surface area contributed by atoms with Gasteiger partial charge in [-0.15, -0.1) is 0 Å². The molecular weight excluding hydrogens is 395 g/mol. The van der Waals surface area contributed by atoms with E-state index < -0.39 is 0 Å². The molecule has 4 N–H and O–H groups in total. The Hall–Kier alpha value is -3.12. The molecule has 1 saturated heterocycles. The number of nitrogens with two attached hydrogens (primary N) is 1. The molecule has 1 aromatic heterocycles. The topological polar surface area (TPSA) is 107 Å². The molecule has 0 bridgehead atoms. The number of benzene rings is 1. The number of nitrogens with zero attached hydrogens (tertiary/aromatic N) is 5. The molecule has 2 heterocycles. The summed E-state index contributed by atoms with van der Waals surface area (Å²) in [6.07, 6.45) is 5.28. The van der Waals surface area contributed by atoms with Gasteiger partial charge in [0.15, 0.2) is 5.96 Å². The monoisotopic (exact) mass is 426 g/mol. The average molecular weight is 427 g/mol. The Morgan fingerprint density at radius 1 is 1.19 bits per heavy atom. The molecule has 3 rings (SSSR count). The molecule has 0 unspecified atom stereocenters. The molecule has 0 spiro atoms. The highest BCUT2D eigenvalue weighted by Gasteiger charge is 2.16. The quantitative estimate of drug-likeness (QED) is 0.339. The Balaban J connectivity index is 1.47. The van der Waals surface area contributed by atoms with Crippen LogP contribution in [0, 0.1) is 17.1 Å². The van der Waals surface area contributed by atoms with Gasteiger partial charge in [-0.05, 0) is 63.0 Å². The number of nitrogens with one attached hydrogen (secondary N) is 2. The van der Waals surface area contributed by atoms with Crippen molar-refractivity contribution in [1.82, 2.24) is 25.3 Å². The molecule has 0 amide bonds. The van der Waals surface area contributed by atoms with E-state index in [0.717, 1.165) is 25.5 Å². The molecular formula is C22H31FN8. The van der Waals surface area contributed by atoms with Crippen LogP contribution in [-0.4, -0.2) is 60.4 Å². The highest BCUT2D eigenvalue weighted by Crippen LogP contribution is 2.21. The van der Waals surface area contributed by atoms with Gasteiger partial charge in [0.05, 0.1) is 11.4 Å². The first kappa shape index (κ1) is 22.6. The summed E-state index contributed by atoms with van der Waals surface area (Å²) in [6, 6.07) is 8.00. The third-order valence-corrected chi connectivity index (χ3v) is 5.45. The Labute approximate surface area is 182 Å². The number of likely N-dealkylation sites (tertiary alicyclic amines) is 1. The average Bonchev–Trinajstić information content (AvgIpc) is 3.11. The van der Waals surface area contributed by atoms with Crippen LogP contribution in [0.2, 0.25) is 0 Å². The Morgan fingerprint density at radius 2 is 1.90 bits per heavy atom. The van der Waals surface area contributed by atoms with Gasteiger partial charge in [0.2, 0.25) is 0 Å². The predicted molar refractivity (Wildman–Crippen MR) is 121 cm³/mol. The number of halogens is 1. The third-order valence-electron chi connectivity index (χ3n) is 5.45. The Kier molecular flexibility index (Phi) is 8.24. The summed E-state index contributed by atoms with van der Waals surface area (Å²) in [4.78, 5) is 6.75. The minimum atomic E-state index is -0.334. The van der Waals surface area contributed by atoms with E-state index in [1.54, 1.807) is 19.2 Å². The summed E-state index contributed by atoms with van der Waals surface area (Å²) < 4.78 is 14.7. The van der Waals surface area contributed by atoms with Crippen LogP contribution in [0.15, 0.2) is 29.3 Å². The number of anilines is 1. The Morgan fingerprint density at radius 3 is 2.58 bits per heavy atom.